The van der Waals surface area contributed by atoms with Crippen molar-refractivity contribution in [2.24, 2.45) is 11.3 Å². The Balaban J connectivity index is 0.998. The Hall–Kier alpha value is -1.91. The van der Waals surface area contributed by atoms with Crippen molar-refractivity contribution in [2.45, 2.75) is 56.7 Å². The van der Waals surface area contributed by atoms with Crippen molar-refractivity contribution < 1.29 is 24.2 Å². The zero-order valence-electron chi connectivity index (χ0n) is 19.3. The number of ether oxygens (including phenoxy) is 2. The number of likely N-dealkylation sites (tertiary alicyclic amines) is 1. The topological polar surface area (TPSA) is 104 Å². The molecule has 0 bridgehead atoms. The molecule has 0 radical (unpaired) electrons. The van der Waals surface area contributed by atoms with Gasteiger partial charge in [0.25, 0.3) is 11.1 Å². The number of nitrogens with one attached hydrogen (secondary N) is 1. The van der Waals surface area contributed by atoms with Crippen LogP contribution in [-0.4, -0.2) is 90.0 Å². The lowest BCUT2D eigenvalue weighted by atomic mass is 9.91. The van der Waals surface area contributed by atoms with E-state index in [1.165, 1.54) is 37.0 Å². The summed E-state index contributed by atoms with van der Waals surface area (Å²) in [5, 5.41) is 13.8. The van der Waals surface area contributed by atoms with Crippen molar-refractivity contribution in [1.82, 2.24) is 20.1 Å². The van der Waals surface area contributed by atoms with Gasteiger partial charge in [0.05, 0.1) is 12.7 Å². The lowest BCUT2D eigenvalue weighted by molar-refractivity contribution is -0.0144. The number of aromatic nitrogens is 1. The first-order valence-electron chi connectivity index (χ1n) is 12.1. The Morgan fingerprint density at radius 2 is 2.24 bits per heavy atom. The molecule has 10 heteroatoms. The number of aliphatic hydroxyl groups excluding tert-OH is 1. The van der Waals surface area contributed by atoms with Gasteiger partial charge in [-0.3, -0.25) is 4.79 Å². The zero-order chi connectivity index (χ0) is 23.1. The minimum Gasteiger partial charge on any atom is -0.467 e. The smallest absolute Gasteiger partial charge is 0.410 e. The third kappa shape index (κ3) is 4.97. The fraction of sp³-hybridized carbons (Fsp3) is 0.783. The van der Waals surface area contributed by atoms with Crippen LogP contribution in [0.25, 0.3) is 0 Å². The molecule has 1 spiro atoms. The number of thiazole rings is 1. The molecule has 3 unspecified atom stereocenters. The van der Waals surface area contributed by atoms with Crippen LogP contribution in [0.15, 0.2) is 6.20 Å². The first-order valence-corrected chi connectivity index (χ1v) is 12.9. The fourth-order valence-corrected chi connectivity index (χ4v) is 6.62. The van der Waals surface area contributed by atoms with Crippen molar-refractivity contribution in [1.29, 1.82) is 0 Å². The number of carbonyl (C=O) groups is 2. The van der Waals surface area contributed by atoms with Crippen LogP contribution in [0, 0.1) is 11.3 Å². The van der Waals surface area contributed by atoms with E-state index in [0.29, 0.717) is 28.6 Å². The largest absolute Gasteiger partial charge is 0.467 e. The fourth-order valence-electron chi connectivity index (χ4n) is 5.93. The van der Waals surface area contributed by atoms with Crippen LogP contribution >= 0.6 is 11.3 Å². The summed E-state index contributed by atoms with van der Waals surface area (Å²) in [5.74, 6) is 0.798. The Kier molecular flexibility index (Phi) is 6.26. The van der Waals surface area contributed by atoms with Crippen LogP contribution in [0.4, 0.5) is 4.79 Å². The molecule has 2 amide bonds. The summed E-state index contributed by atoms with van der Waals surface area (Å²) in [7, 11) is 1.76. The molecule has 2 saturated heterocycles. The molecule has 9 nitrogen and oxygen atoms in total. The average Bonchev–Trinajstić information content (AvgIpc) is 3.13. The normalized spacial score (nSPS) is 29.1. The molecular formula is C23H34N4O5S. The first kappa shape index (κ1) is 22.9. The third-order valence-corrected chi connectivity index (χ3v) is 8.89. The van der Waals surface area contributed by atoms with Gasteiger partial charge in [-0.15, -0.1) is 0 Å². The van der Waals surface area contributed by atoms with Crippen LogP contribution < -0.4 is 10.1 Å². The summed E-state index contributed by atoms with van der Waals surface area (Å²) >= 11 is 1.21. The van der Waals surface area contributed by atoms with Crippen LogP contribution in [0.2, 0.25) is 0 Å². The van der Waals surface area contributed by atoms with Gasteiger partial charge >= 0.3 is 6.09 Å². The van der Waals surface area contributed by atoms with Gasteiger partial charge < -0.3 is 29.7 Å². The second-order valence-corrected chi connectivity index (χ2v) is 11.3. The number of rotatable bonds is 9. The van der Waals surface area contributed by atoms with Crippen molar-refractivity contribution >= 4 is 23.3 Å². The van der Waals surface area contributed by atoms with Gasteiger partial charge in [0.1, 0.15) is 23.2 Å². The molecule has 0 aromatic carbocycles. The predicted octanol–water partition coefficient (Wildman–Crippen LogP) is 2.11. The monoisotopic (exact) mass is 478 g/mol. The number of nitrogens with zero attached hydrogens (tertiary/aromatic N) is 3. The summed E-state index contributed by atoms with van der Waals surface area (Å²) in [6.45, 7) is 3.49. The van der Waals surface area contributed by atoms with E-state index in [2.05, 4.69) is 15.2 Å². The SMILES string of the molecule is CN1CC2(CCN(CC(O)COc3ncc(C(=O)NCCC45CCCC4C5)s3)CC2)OC1=O. The highest BCUT2D eigenvalue weighted by Crippen LogP contribution is 2.65. The van der Waals surface area contributed by atoms with E-state index in [0.717, 1.165) is 44.8 Å². The molecule has 1 aromatic heterocycles. The maximum Gasteiger partial charge on any atom is 0.410 e. The van der Waals surface area contributed by atoms with Crippen LogP contribution in [0.1, 0.15) is 54.6 Å². The highest BCUT2D eigenvalue weighted by Gasteiger charge is 2.55. The number of piperidine rings is 1. The average molecular weight is 479 g/mol. The molecule has 33 heavy (non-hydrogen) atoms. The Morgan fingerprint density at radius 1 is 1.42 bits per heavy atom. The van der Waals surface area contributed by atoms with Crippen LogP contribution in [-0.2, 0) is 4.74 Å². The molecule has 182 valence electrons. The molecule has 4 fully saturated rings. The Morgan fingerprint density at radius 3 is 2.91 bits per heavy atom. The Labute approximate surface area is 198 Å². The summed E-state index contributed by atoms with van der Waals surface area (Å²) in [6, 6.07) is 0. The first-order chi connectivity index (χ1) is 15.9. The van der Waals surface area contributed by atoms with Gasteiger partial charge in [-0.05, 0) is 37.0 Å². The van der Waals surface area contributed by atoms with E-state index in [9.17, 15) is 14.7 Å². The number of aliphatic hydroxyl groups is 1. The minimum absolute atomic E-state index is 0.102. The van der Waals surface area contributed by atoms with Crippen molar-refractivity contribution in [2.75, 3.05) is 46.4 Å². The highest BCUT2D eigenvalue weighted by molar-refractivity contribution is 7.15. The molecule has 2 aliphatic heterocycles. The molecule has 5 rings (SSSR count). The van der Waals surface area contributed by atoms with Crippen molar-refractivity contribution in [3.05, 3.63) is 11.1 Å². The second kappa shape index (κ2) is 9.03. The molecule has 3 atom stereocenters. The summed E-state index contributed by atoms with van der Waals surface area (Å²) in [6.07, 6.45) is 8.60. The maximum absolute atomic E-state index is 12.4. The van der Waals surface area contributed by atoms with Crippen LogP contribution in [0.3, 0.4) is 0 Å². The number of amides is 2. The van der Waals surface area contributed by atoms with Crippen LogP contribution in [0.5, 0.6) is 5.19 Å². The van der Waals surface area contributed by atoms with E-state index in [-0.39, 0.29) is 24.2 Å². The number of likely N-dealkylation sites (N-methyl/N-ethyl adjacent to an activating group) is 1. The van der Waals surface area contributed by atoms with Gasteiger partial charge in [-0.1, -0.05) is 17.8 Å². The van der Waals surface area contributed by atoms with E-state index in [1.807, 2.05) is 0 Å². The van der Waals surface area contributed by atoms with Gasteiger partial charge in [0, 0.05) is 46.1 Å². The number of fused-ring (bicyclic) bond motifs is 1. The summed E-state index contributed by atoms with van der Waals surface area (Å²) < 4.78 is 11.2. The quantitative estimate of drug-likeness (QED) is 0.560. The number of β-amino-alcohol motifs (C(OH)–C–C–N with tert-alkyl or cyclic N) is 1. The molecule has 1 aromatic rings. The summed E-state index contributed by atoms with van der Waals surface area (Å²) in [4.78, 5) is 32.6. The third-order valence-electron chi connectivity index (χ3n) is 7.98. The lowest BCUT2D eigenvalue weighted by Crippen LogP contribution is -2.49. The van der Waals surface area contributed by atoms with Crippen molar-refractivity contribution in [3.8, 4) is 5.19 Å². The molecule has 2 N–H and O–H groups in total. The van der Waals surface area contributed by atoms with E-state index in [1.54, 1.807) is 18.1 Å². The highest BCUT2D eigenvalue weighted by atomic mass is 32.1. The second-order valence-electron chi connectivity index (χ2n) is 10.3. The maximum atomic E-state index is 12.4. The van der Waals surface area contributed by atoms with E-state index in [4.69, 9.17) is 9.47 Å². The standard InChI is InChI=1S/C23H34N4O5S/c1-26-15-23(32-21(26)30)6-9-27(10-7-23)13-17(28)14-31-20-25-12-18(33-20)19(29)24-8-5-22-4-2-3-16(22)11-22/h12,16-17,28H,2-11,13-15H2,1H3,(H,24,29). The zero-order valence-corrected chi connectivity index (χ0v) is 20.1. The number of hydrogen-bond acceptors (Lipinski definition) is 8. The minimum atomic E-state index is -0.661. The van der Waals surface area contributed by atoms with Gasteiger partial charge in [-0.25, -0.2) is 9.78 Å². The number of carbonyl (C=O) groups excluding carboxylic acids is 2. The molecule has 2 aliphatic carbocycles. The molecular weight excluding hydrogens is 444 g/mol. The predicted molar refractivity (Wildman–Crippen MR) is 122 cm³/mol. The Bertz CT molecular complexity index is 886. The van der Waals surface area contributed by atoms with Gasteiger partial charge in [-0.2, -0.15) is 0 Å². The molecule has 3 heterocycles. The summed E-state index contributed by atoms with van der Waals surface area (Å²) in [5.41, 5.74) is 0.150. The molecule has 2 saturated carbocycles. The lowest BCUT2D eigenvalue weighted by Gasteiger charge is -2.37. The van der Waals surface area contributed by atoms with Gasteiger partial charge in [0.15, 0.2) is 0 Å². The van der Waals surface area contributed by atoms with Gasteiger partial charge in [0.2, 0.25) is 0 Å². The molecule has 4 aliphatic rings. The van der Waals surface area contributed by atoms with Crippen molar-refractivity contribution in [3.63, 3.8) is 0 Å². The van der Waals surface area contributed by atoms with E-state index < -0.39 is 6.10 Å². The number of hydrogen-bond donors (Lipinski definition) is 2. The van der Waals surface area contributed by atoms with E-state index >= 15 is 0 Å².